The molecule has 0 bridgehead atoms. The van der Waals surface area contributed by atoms with Crippen LogP contribution in [0.25, 0.3) is 0 Å². The number of carbonyl (C=O) groups excluding carboxylic acids is 2. The monoisotopic (exact) mass is 308 g/mol. The van der Waals surface area contributed by atoms with Gasteiger partial charge in [-0.2, -0.15) is 0 Å². The molecule has 0 spiro atoms. The quantitative estimate of drug-likeness (QED) is 0.582. The highest BCUT2D eigenvalue weighted by atomic mass is 16.5. The summed E-state index contributed by atoms with van der Waals surface area (Å²) in [6.45, 7) is 0. The third-order valence-corrected chi connectivity index (χ3v) is 3.16. The standard InChI is InChI=1S/C15H20N2O5/c1-16-11(9-13(18)22-2)14(19)17-12(15(20)21)8-10-6-4-3-5-7-10/h3-7,11-12,16H,8-9H2,1-2H3,(H,17,19)(H,20,21)/t11-,12+/m0/s1. The van der Waals surface area contributed by atoms with Crippen LogP contribution in [0.4, 0.5) is 0 Å². The Labute approximate surface area is 128 Å². The van der Waals surface area contributed by atoms with E-state index in [2.05, 4.69) is 15.4 Å². The van der Waals surface area contributed by atoms with Gasteiger partial charge in [-0.3, -0.25) is 9.59 Å². The van der Waals surface area contributed by atoms with Crippen molar-refractivity contribution in [3.8, 4) is 0 Å². The van der Waals surface area contributed by atoms with Gasteiger partial charge in [0.05, 0.1) is 19.6 Å². The van der Waals surface area contributed by atoms with Gasteiger partial charge in [0.25, 0.3) is 0 Å². The summed E-state index contributed by atoms with van der Waals surface area (Å²) in [5, 5.41) is 14.3. The maximum Gasteiger partial charge on any atom is 0.326 e. The Morgan fingerprint density at radius 1 is 1.18 bits per heavy atom. The SMILES string of the molecule is CN[C@@H](CC(=O)OC)C(=O)N[C@H](Cc1ccccc1)C(=O)O. The van der Waals surface area contributed by atoms with Gasteiger partial charge in [0.2, 0.25) is 5.91 Å². The molecule has 0 aliphatic carbocycles. The third-order valence-electron chi connectivity index (χ3n) is 3.16. The molecule has 0 radical (unpaired) electrons. The molecule has 0 aliphatic rings. The Balaban J connectivity index is 2.71. The molecule has 0 aliphatic heterocycles. The van der Waals surface area contributed by atoms with Gasteiger partial charge in [0, 0.05) is 6.42 Å². The summed E-state index contributed by atoms with van der Waals surface area (Å²) in [7, 11) is 2.74. The lowest BCUT2D eigenvalue weighted by atomic mass is 10.1. The number of methoxy groups -OCH3 is 1. The van der Waals surface area contributed by atoms with Crippen LogP contribution in [0.1, 0.15) is 12.0 Å². The summed E-state index contributed by atoms with van der Waals surface area (Å²) in [5.74, 6) is -2.24. The minimum atomic E-state index is -1.13. The zero-order valence-electron chi connectivity index (χ0n) is 12.5. The molecule has 0 fully saturated rings. The van der Waals surface area contributed by atoms with Crippen molar-refractivity contribution in [1.29, 1.82) is 0 Å². The molecule has 1 aromatic rings. The van der Waals surface area contributed by atoms with Crippen LogP contribution in [-0.2, 0) is 25.5 Å². The summed E-state index contributed by atoms with van der Waals surface area (Å²) < 4.78 is 4.51. The van der Waals surface area contributed by atoms with E-state index in [1.54, 1.807) is 24.3 Å². The first-order valence-corrected chi connectivity index (χ1v) is 6.79. The summed E-state index contributed by atoms with van der Waals surface area (Å²) in [4.78, 5) is 34.6. The number of aliphatic carboxylic acids is 1. The largest absolute Gasteiger partial charge is 0.480 e. The van der Waals surface area contributed by atoms with Gasteiger partial charge in [0.1, 0.15) is 6.04 Å². The minimum Gasteiger partial charge on any atom is -0.480 e. The van der Waals surface area contributed by atoms with Gasteiger partial charge in [0.15, 0.2) is 0 Å². The van der Waals surface area contributed by atoms with Crippen LogP contribution in [0.3, 0.4) is 0 Å². The number of hydrogen-bond donors (Lipinski definition) is 3. The van der Waals surface area contributed by atoms with Gasteiger partial charge in [-0.15, -0.1) is 0 Å². The fourth-order valence-corrected chi connectivity index (χ4v) is 1.90. The second-order valence-electron chi connectivity index (χ2n) is 4.71. The molecule has 0 aromatic heterocycles. The van der Waals surface area contributed by atoms with Crippen molar-refractivity contribution in [3.63, 3.8) is 0 Å². The van der Waals surface area contributed by atoms with Crippen LogP contribution >= 0.6 is 0 Å². The number of nitrogens with one attached hydrogen (secondary N) is 2. The van der Waals surface area contributed by atoms with Crippen molar-refractivity contribution >= 4 is 17.8 Å². The maximum absolute atomic E-state index is 12.1. The molecule has 7 heteroatoms. The van der Waals surface area contributed by atoms with Crippen LogP contribution < -0.4 is 10.6 Å². The maximum atomic E-state index is 12.1. The van der Waals surface area contributed by atoms with Gasteiger partial charge < -0.3 is 20.5 Å². The fraction of sp³-hybridized carbons (Fsp3) is 0.400. The van der Waals surface area contributed by atoms with Crippen molar-refractivity contribution in [2.75, 3.05) is 14.2 Å². The number of carboxylic acid groups (broad SMARTS) is 1. The van der Waals surface area contributed by atoms with Crippen LogP contribution in [0.2, 0.25) is 0 Å². The van der Waals surface area contributed by atoms with E-state index in [4.69, 9.17) is 0 Å². The number of carbonyl (C=O) groups is 3. The second kappa shape index (κ2) is 8.78. The summed E-state index contributed by atoms with van der Waals surface area (Å²) in [6.07, 6.45) is -0.00686. The van der Waals surface area contributed by atoms with Gasteiger partial charge in [-0.25, -0.2) is 4.79 Å². The molecule has 1 rings (SSSR count). The second-order valence-corrected chi connectivity index (χ2v) is 4.71. The first kappa shape index (κ1) is 17.6. The Kier molecular flexibility index (Phi) is 7.04. The first-order valence-electron chi connectivity index (χ1n) is 6.79. The summed E-state index contributed by atoms with van der Waals surface area (Å²) >= 11 is 0. The van der Waals surface area contributed by atoms with E-state index in [-0.39, 0.29) is 12.8 Å². The zero-order chi connectivity index (χ0) is 16.5. The third kappa shape index (κ3) is 5.53. The van der Waals surface area contributed by atoms with Gasteiger partial charge in [-0.1, -0.05) is 30.3 Å². The Morgan fingerprint density at radius 3 is 2.32 bits per heavy atom. The Hall–Kier alpha value is -2.41. The molecule has 22 heavy (non-hydrogen) atoms. The van der Waals surface area contributed by atoms with E-state index in [1.165, 1.54) is 14.2 Å². The van der Waals surface area contributed by atoms with E-state index < -0.39 is 29.9 Å². The van der Waals surface area contributed by atoms with Crippen molar-refractivity contribution in [3.05, 3.63) is 35.9 Å². The normalized spacial score (nSPS) is 13.0. The van der Waals surface area contributed by atoms with Crippen LogP contribution in [0, 0.1) is 0 Å². The average Bonchev–Trinajstić information content (AvgIpc) is 2.52. The van der Waals surface area contributed by atoms with E-state index in [9.17, 15) is 19.5 Å². The Morgan fingerprint density at radius 2 is 1.82 bits per heavy atom. The van der Waals surface area contributed by atoms with Gasteiger partial charge in [-0.05, 0) is 12.6 Å². The molecular formula is C15H20N2O5. The van der Waals surface area contributed by atoms with Crippen LogP contribution in [-0.4, -0.2) is 49.2 Å². The number of likely N-dealkylation sites (N-methyl/N-ethyl adjacent to an activating group) is 1. The predicted molar refractivity (Wildman–Crippen MR) is 79.2 cm³/mol. The number of hydrogen-bond acceptors (Lipinski definition) is 5. The van der Waals surface area contributed by atoms with Crippen molar-refractivity contribution in [2.24, 2.45) is 0 Å². The molecule has 0 heterocycles. The lowest BCUT2D eigenvalue weighted by molar-refractivity contribution is -0.144. The molecular weight excluding hydrogens is 288 g/mol. The average molecular weight is 308 g/mol. The van der Waals surface area contributed by atoms with Crippen LogP contribution in [0.15, 0.2) is 30.3 Å². The number of ether oxygens (including phenoxy) is 1. The smallest absolute Gasteiger partial charge is 0.326 e. The lowest BCUT2D eigenvalue weighted by Gasteiger charge is -2.19. The molecule has 0 saturated carbocycles. The van der Waals surface area contributed by atoms with Crippen molar-refractivity contribution < 1.29 is 24.2 Å². The number of amides is 1. The summed E-state index contributed by atoms with van der Waals surface area (Å²) in [6, 6.07) is 7.07. The van der Waals surface area contributed by atoms with Gasteiger partial charge >= 0.3 is 11.9 Å². The van der Waals surface area contributed by atoms with E-state index >= 15 is 0 Å². The van der Waals surface area contributed by atoms with E-state index in [0.717, 1.165) is 5.56 Å². The highest BCUT2D eigenvalue weighted by Crippen LogP contribution is 2.04. The van der Waals surface area contributed by atoms with E-state index in [1.807, 2.05) is 6.07 Å². The van der Waals surface area contributed by atoms with Crippen molar-refractivity contribution in [1.82, 2.24) is 10.6 Å². The zero-order valence-corrected chi connectivity index (χ0v) is 12.5. The van der Waals surface area contributed by atoms with E-state index in [0.29, 0.717) is 0 Å². The number of rotatable bonds is 8. The molecule has 7 nitrogen and oxygen atoms in total. The molecule has 120 valence electrons. The Bertz CT molecular complexity index is 518. The molecule has 3 N–H and O–H groups in total. The highest BCUT2D eigenvalue weighted by molar-refractivity contribution is 5.89. The number of benzene rings is 1. The molecule has 0 unspecified atom stereocenters. The number of carboxylic acids is 1. The minimum absolute atomic E-state index is 0.163. The van der Waals surface area contributed by atoms with Crippen LogP contribution in [0.5, 0.6) is 0 Å². The predicted octanol–water partition coefficient (Wildman–Crippen LogP) is -0.0504. The number of esters is 1. The highest BCUT2D eigenvalue weighted by Gasteiger charge is 2.26. The fourth-order valence-electron chi connectivity index (χ4n) is 1.90. The molecule has 1 amide bonds. The molecule has 0 saturated heterocycles. The lowest BCUT2D eigenvalue weighted by Crippen LogP contribution is -2.50. The molecule has 2 atom stereocenters. The topological polar surface area (TPSA) is 105 Å². The first-order chi connectivity index (χ1) is 10.5. The summed E-state index contributed by atoms with van der Waals surface area (Å²) in [5.41, 5.74) is 0.796. The van der Waals surface area contributed by atoms with Crippen molar-refractivity contribution in [2.45, 2.75) is 24.9 Å². The molecule has 1 aromatic carbocycles.